The van der Waals surface area contributed by atoms with Crippen molar-refractivity contribution in [3.05, 3.63) is 59.4 Å². The van der Waals surface area contributed by atoms with E-state index in [2.05, 4.69) is 10.0 Å². The lowest BCUT2D eigenvalue weighted by molar-refractivity contribution is 0.588. The van der Waals surface area contributed by atoms with Gasteiger partial charge in [0.2, 0.25) is 10.0 Å². The van der Waals surface area contributed by atoms with Crippen LogP contribution in [0.4, 0.5) is 10.1 Å². The molecule has 0 radical (unpaired) electrons. The number of nitrogens with one attached hydrogen (secondary N) is 2. The summed E-state index contributed by atoms with van der Waals surface area (Å²) in [5, 5.41) is 11.6. The molecule has 0 bridgehead atoms. The van der Waals surface area contributed by atoms with E-state index in [9.17, 15) is 12.8 Å². The Morgan fingerprint density at radius 1 is 1.18 bits per heavy atom. The summed E-state index contributed by atoms with van der Waals surface area (Å²) in [5.74, 6) is -0.506. The largest absolute Gasteiger partial charge is 0.379 e. The molecule has 0 aromatic heterocycles. The van der Waals surface area contributed by atoms with E-state index < -0.39 is 15.8 Å². The summed E-state index contributed by atoms with van der Waals surface area (Å²) in [6.07, 6.45) is 0. The van der Waals surface area contributed by atoms with Gasteiger partial charge in [0.05, 0.1) is 22.2 Å². The van der Waals surface area contributed by atoms with Gasteiger partial charge in [0.15, 0.2) is 0 Å². The van der Waals surface area contributed by atoms with Crippen LogP contribution in [0.25, 0.3) is 0 Å². The number of nitrogens with zero attached hydrogens (tertiary/aromatic N) is 1. The summed E-state index contributed by atoms with van der Waals surface area (Å²) in [4.78, 5) is 0.170. The summed E-state index contributed by atoms with van der Waals surface area (Å²) in [6, 6.07) is 12.3. The van der Waals surface area contributed by atoms with E-state index in [1.165, 1.54) is 31.3 Å². The van der Waals surface area contributed by atoms with Crippen LogP contribution in [0.3, 0.4) is 0 Å². The van der Waals surface area contributed by atoms with Crippen molar-refractivity contribution in [2.45, 2.75) is 11.4 Å². The maximum absolute atomic E-state index is 13.7. The molecule has 0 spiro atoms. The maximum atomic E-state index is 13.7. The molecule has 0 saturated carbocycles. The number of rotatable bonds is 5. The van der Waals surface area contributed by atoms with Crippen LogP contribution in [0.5, 0.6) is 0 Å². The molecule has 0 heterocycles. The molecule has 0 saturated heterocycles. The highest BCUT2D eigenvalue weighted by molar-refractivity contribution is 7.89. The molecule has 114 valence electrons. The molecule has 0 atom stereocenters. The Hall–Kier alpha value is -2.43. The summed E-state index contributed by atoms with van der Waals surface area (Å²) in [7, 11) is -2.11. The Bertz CT molecular complexity index is 812. The van der Waals surface area contributed by atoms with Crippen LogP contribution in [0.2, 0.25) is 0 Å². The van der Waals surface area contributed by atoms with E-state index in [1.54, 1.807) is 12.1 Å². The van der Waals surface area contributed by atoms with Gasteiger partial charge in [-0.25, -0.2) is 17.5 Å². The first-order valence-electron chi connectivity index (χ1n) is 6.42. The van der Waals surface area contributed by atoms with Gasteiger partial charge in [-0.05, 0) is 42.9 Å². The Labute approximate surface area is 128 Å². The Kier molecular flexibility index (Phi) is 4.75. The third-order valence-electron chi connectivity index (χ3n) is 3.08. The second-order valence-corrected chi connectivity index (χ2v) is 6.40. The fourth-order valence-electron chi connectivity index (χ4n) is 1.83. The zero-order chi connectivity index (χ0) is 16.2. The van der Waals surface area contributed by atoms with E-state index >= 15 is 0 Å². The highest BCUT2D eigenvalue weighted by Crippen LogP contribution is 2.17. The molecule has 0 amide bonds. The summed E-state index contributed by atoms with van der Waals surface area (Å²) in [5.41, 5.74) is 1.34. The molecular weight excluding hydrogens is 305 g/mol. The second-order valence-electron chi connectivity index (χ2n) is 4.51. The number of benzene rings is 2. The highest BCUT2D eigenvalue weighted by atomic mass is 32.2. The van der Waals surface area contributed by atoms with Crippen molar-refractivity contribution in [1.29, 1.82) is 5.26 Å². The molecule has 2 N–H and O–H groups in total. The normalized spacial score (nSPS) is 11.0. The van der Waals surface area contributed by atoms with Crippen molar-refractivity contribution < 1.29 is 12.8 Å². The van der Waals surface area contributed by atoms with Gasteiger partial charge < -0.3 is 5.32 Å². The molecular formula is C15H14FN3O2S. The lowest BCUT2D eigenvalue weighted by atomic mass is 10.2. The highest BCUT2D eigenvalue weighted by Gasteiger charge is 2.10. The molecule has 0 unspecified atom stereocenters. The SMILES string of the molecule is CNS(=O)(=O)c1ccc(CNc2ccc(C#N)cc2F)cc1. The van der Waals surface area contributed by atoms with E-state index in [0.717, 1.165) is 11.6 Å². The van der Waals surface area contributed by atoms with Crippen LogP contribution in [-0.4, -0.2) is 15.5 Å². The maximum Gasteiger partial charge on any atom is 0.240 e. The van der Waals surface area contributed by atoms with Crippen molar-refractivity contribution in [2.24, 2.45) is 0 Å². The summed E-state index contributed by atoms with van der Waals surface area (Å²) < 4.78 is 39.1. The Balaban J connectivity index is 2.08. The molecule has 2 aromatic rings. The zero-order valence-electron chi connectivity index (χ0n) is 11.8. The van der Waals surface area contributed by atoms with Crippen LogP contribution in [-0.2, 0) is 16.6 Å². The van der Waals surface area contributed by atoms with Crippen LogP contribution < -0.4 is 10.0 Å². The number of halogens is 1. The van der Waals surface area contributed by atoms with Gasteiger partial charge in [0, 0.05) is 6.54 Å². The average molecular weight is 319 g/mol. The van der Waals surface area contributed by atoms with Gasteiger partial charge in [-0.15, -0.1) is 0 Å². The van der Waals surface area contributed by atoms with E-state index in [4.69, 9.17) is 5.26 Å². The standard InChI is InChI=1S/C15H14FN3O2S/c1-18-22(20,21)13-5-2-11(3-6-13)10-19-15-7-4-12(9-17)8-14(15)16/h2-8,18-19H,10H2,1H3. The number of nitriles is 1. The number of hydrogen-bond acceptors (Lipinski definition) is 4. The minimum atomic E-state index is -3.46. The summed E-state index contributed by atoms with van der Waals surface area (Å²) in [6.45, 7) is 0.336. The van der Waals surface area contributed by atoms with Gasteiger partial charge in [-0.2, -0.15) is 5.26 Å². The van der Waals surface area contributed by atoms with Gasteiger partial charge in [0.1, 0.15) is 5.82 Å². The van der Waals surface area contributed by atoms with Crippen LogP contribution in [0, 0.1) is 17.1 Å². The molecule has 2 aromatic carbocycles. The van der Waals surface area contributed by atoms with Gasteiger partial charge >= 0.3 is 0 Å². The summed E-state index contributed by atoms with van der Waals surface area (Å²) >= 11 is 0. The van der Waals surface area contributed by atoms with Gasteiger partial charge in [0.25, 0.3) is 0 Å². The second kappa shape index (κ2) is 6.56. The molecule has 2 rings (SSSR count). The number of sulfonamides is 1. The van der Waals surface area contributed by atoms with E-state index in [0.29, 0.717) is 6.54 Å². The first-order chi connectivity index (χ1) is 10.5. The molecule has 0 fully saturated rings. The van der Waals surface area contributed by atoms with Crippen molar-refractivity contribution in [3.63, 3.8) is 0 Å². The van der Waals surface area contributed by atoms with Crippen molar-refractivity contribution in [3.8, 4) is 6.07 Å². The fraction of sp³-hybridized carbons (Fsp3) is 0.133. The smallest absolute Gasteiger partial charge is 0.240 e. The van der Waals surface area contributed by atoms with Gasteiger partial charge in [-0.3, -0.25) is 0 Å². The number of hydrogen-bond donors (Lipinski definition) is 2. The fourth-order valence-corrected chi connectivity index (χ4v) is 2.56. The Morgan fingerprint density at radius 3 is 2.41 bits per heavy atom. The van der Waals surface area contributed by atoms with Crippen LogP contribution in [0.15, 0.2) is 47.4 Å². The average Bonchev–Trinajstić information content (AvgIpc) is 2.54. The molecule has 0 aliphatic rings. The predicted molar refractivity (Wildman–Crippen MR) is 81.1 cm³/mol. The lowest BCUT2D eigenvalue weighted by Gasteiger charge is -2.09. The first-order valence-corrected chi connectivity index (χ1v) is 7.90. The Morgan fingerprint density at radius 2 is 1.86 bits per heavy atom. The zero-order valence-corrected chi connectivity index (χ0v) is 12.6. The van der Waals surface area contributed by atoms with Gasteiger partial charge in [-0.1, -0.05) is 12.1 Å². The van der Waals surface area contributed by atoms with Crippen molar-refractivity contribution in [2.75, 3.05) is 12.4 Å². The number of anilines is 1. The first kappa shape index (κ1) is 15.9. The minimum absolute atomic E-state index is 0.170. The lowest BCUT2D eigenvalue weighted by Crippen LogP contribution is -2.18. The van der Waals surface area contributed by atoms with Crippen LogP contribution >= 0.6 is 0 Å². The third kappa shape index (κ3) is 3.61. The molecule has 0 aliphatic carbocycles. The molecule has 7 heteroatoms. The van der Waals surface area contributed by atoms with E-state index in [1.807, 2.05) is 6.07 Å². The minimum Gasteiger partial charge on any atom is -0.379 e. The van der Waals surface area contributed by atoms with Crippen molar-refractivity contribution in [1.82, 2.24) is 4.72 Å². The monoisotopic (exact) mass is 319 g/mol. The molecule has 0 aliphatic heterocycles. The van der Waals surface area contributed by atoms with Crippen molar-refractivity contribution >= 4 is 15.7 Å². The molecule has 5 nitrogen and oxygen atoms in total. The quantitative estimate of drug-likeness (QED) is 0.885. The molecule has 22 heavy (non-hydrogen) atoms. The van der Waals surface area contributed by atoms with Crippen LogP contribution in [0.1, 0.15) is 11.1 Å². The predicted octanol–water partition coefficient (Wildman–Crippen LogP) is 2.22. The topological polar surface area (TPSA) is 82.0 Å². The van der Waals surface area contributed by atoms with E-state index in [-0.39, 0.29) is 16.1 Å². The third-order valence-corrected chi connectivity index (χ3v) is 4.51.